The molecule has 0 heterocycles. The summed E-state index contributed by atoms with van der Waals surface area (Å²) in [5, 5.41) is 0. The lowest BCUT2D eigenvalue weighted by atomic mass is 10.0. The largest absolute Gasteiger partial charge is 0.298 e. The van der Waals surface area contributed by atoms with Crippen LogP contribution in [0.2, 0.25) is 0 Å². The summed E-state index contributed by atoms with van der Waals surface area (Å²) < 4.78 is 3.70. The maximum absolute atomic E-state index is 10.7. The summed E-state index contributed by atoms with van der Waals surface area (Å²) in [5.74, 6) is 0. The van der Waals surface area contributed by atoms with Crippen molar-refractivity contribution < 1.29 is 4.79 Å². The van der Waals surface area contributed by atoms with Crippen molar-refractivity contribution in [2.75, 3.05) is 0 Å². The van der Waals surface area contributed by atoms with Gasteiger partial charge in [-0.15, -0.1) is 0 Å². The third kappa shape index (κ3) is 6.27. The van der Waals surface area contributed by atoms with E-state index in [1.807, 2.05) is 39.8 Å². The highest BCUT2D eigenvalue weighted by Crippen LogP contribution is 2.34. The van der Waals surface area contributed by atoms with Crippen LogP contribution in [0.25, 0.3) is 0 Å². The minimum Gasteiger partial charge on any atom is -0.298 e. The SMILES string of the molecule is Brc1ccc(Br)c2c1CCC2.CC.CC.O=Cc1ccc(Br)c2c1CCC2. The van der Waals surface area contributed by atoms with Crippen molar-refractivity contribution in [1.29, 1.82) is 0 Å². The molecule has 0 radical (unpaired) electrons. The fourth-order valence-electron chi connectivity index (χ4n) is 3.42. The maximum atomic E-state index is 10.7. The van der Waals surface area contributed by atoms with Gasteiger partial charge < -0.3 is 0 Å². The number of hydrogen-bond donors (Lipinski definition) is 0. The van der Waals surface area contributed by atoms with Crippen LogP contribution < -0.4 is 0 Å². The quantitative estimate of drug-likeness (QED) is 0.319. The van der Waals surface area contributed by atoms with E-state index in [1.54, 1.807) is 0 Å². The summed E-state index contributed by atoms with van der Waals surface area (Å²) in [5.41, 5.74) is 6.45. The molecule has 148 valence electrons. The topological polar surface area (TPSA) is 17.1 Å². The molecule has 0 aromatic heterocycles. The first-order valence-corrected chi connectivity index (χ1v) is 12.2. The monoisotopic (exact) mass is 558 g/mol. The van der Waals surface area contributed by atoms with Crippen molar-refractivity contribution >= 4 is 54.1 Å². The van der Waals surface area contributed by atoms with Crippen LogP contribution in [-0.2, 0) is 25.7 Å². The number of fused-ring (bicyclic) bond motifs is 2. The van der Waals surface area contributed by atoms with Crippen molar-refractivity contribution in [2.45, 2.75) is 66.2 Å². The van der Waals surface area contributed by atoms with Gasteiger partial charge in [0.2, 0.25) is 0 Å². The highest BCUT2D eigenvalue weighted by Gasteiger charge is 2.17. The zero-order valence-corrected chi connectivity index (χ0v) is 21.4. The van der Waals surface area contributed by atoms with E-state index in [2.05, 4.69) is 59.9 Å². The second-order valence-corrected chi connectivity index (χ2v) is 8.47. The van der Waals surface area contributed by atoms with Gasteiger partial charge in [-0.05, 0) is 79.0 Å². The molecule has 4 rings (SSSR count). The Kier molecular flexibility index (Phi) is 11.7. The fraction of sp³-hybridized carbons (Fsp3) is 0.435. The molecule has 0 amide bonds. The molecule has 0 bridgehead atoms. The average Bonchev–Trinajstić information content (AvgIpc) is 3.40. The molecule has 0 saturated carbocycles. The van der Waals surface area contributed by atoms with E-state index in [9.17, 15) is 4.79 Å². The fourth-order valence-corrected chi connectivity index (χ4v) is 5.13. The summed E-state index contributed by atoms with van der Waals surface area (Å²) in [6.07, 6.45) is 8.07. The Bertz CT molecular complexity index is 725. The Hall–Kier alpha value is -0.450. The van der Waals surface area contributed by atoms with E-state index in [-0.39, 0.29) is 0 Å². The number of carbonyl (C=O) groups is 1. The van der Waals surface area contributed by atoms with E-state index in [1.165, 1.54) is 56.9 Å². The van der Waals surface area contributed by atoms with Gasteiger partial charge in [-0.25, -0.2) is 0 Å². The number of halogens is 3. The molecule has 1 nitrogen and oxygen atoms in total. The van der Waals surface area contributed by atoms with Crippen molar-refractivity contribution in [3.05, 3.63) is 65.5 Å². The molecular formula is C23H29Br3O. The van der Waals surface area contributed by atoms with Gasteiger partial charge in [0.15, 0.2) is 0 Å². The summed E-state index contributed by atoms with van der Waals surface area (Å²) in [7, 11) is 0. The average molecular weight is 561 g/mol. The molecule has 0 spiro atoms. The van der Waals surface area contributed by atoms with Crippen LogP contribution >= 0.6 is 47.8 Å². The molecule has 0 fully saturated rings. The summed E-state index contributed by atoms with van der Waals surface area (Å²) in [6.45, 7) is 8.00. The zero-order valence-electron chi connectivity index (χ0n) is 16.7. The van der Waals surface area contributed by atoms with E-state index in [4.69, 9.17) is 0 Å². The third-order valence-corrected chi connectivity index (χ3v) is 6.79. The van der Waals surface area contributed by atoms with Crippen molar-refractivity contribution in [1.82, 2.24) is 0 Å². The summed E-state index contributed by atoms with van der Waals surface area (Å²) >= 11 is 10.6. The van der Waals surface area contributed by atoms with E-state index >= 15 is 0 Å². The minimum atomic E-state index is 0.866. The van der Waals surface area contributed by atoms with Crippen molar-refractivity contribution in [3.63, 3.8) is 0 Å². The van der Waals surface area contributed by atoms with E-state index < -0.39 is 0 Å². The number of aldehydes is 1. The molecule has 0 atom stereocenters. The number of hydrogen-bond acceptors (Lipinski definition) is 1. The predicted molar refractivity (Wildman–Crippen MR) is 128 cm³/mol. The molecule has 0 N–H and O–H groups in total. The lowest BCUT2D eigenvalue weighted by Gasteiger charge is -2.03. The zero-order chi connectivity index (χ0) is 20.4. The normalized spacial score (nSPS) is 13.0. The maximum Gasteiger partial charge on any atom is 0.150 e. The molecule has 2 aromatic carbocycles. The van der Waals surface area contributed by atoms with Gasteiger partial charge in [0.05, 0.1) is 0 Å². The molecule has 4 heteroatoms. The Morgan fingerprint density at radius 2 is 0.963 bits per heavy atom. The lowest BCUT2D eigenvalue weighted by Crippen LogP contribution is -1.91. The van der Waals surface area contributed by atoms with Crippen LogP contribution in [0.3, 0.4) is 0 Å². The molecule has 27 heavy (non-hydrogen) atoms. The second-order valence-electron chi connectivity index (χ2n) is 5.90. The molecule has 0 saturated heterocycles. The van der Waals surface area contributed by atoms with E-state index in [0.29, 0.717) is 0 Å². The number of benzene rings is 2. The molecule has 0 aliphatic heterocycles. The molecule has 2 aliphatic carbocycles. The first-order valence-electron chi connectivity index (χ1n) is 9.83. The number of carbonyl (C=O) groups excluding carboxylic acids is 1. The second kappa shape index (κ2) is 12.9. The van der Waals surface area contributed by atoms with Crippen LogP contribution in [0.4, 0.5) is 0 Å². The Morgan fingerprint density at radius 3 is 1.37 bits per heavy atom. The van der Waals surface area contributed by atoms with Crippen molar-refractivity contribution in [2.24, 2.45) is 0 Å². The van der Waals surface area contributed by atoms with Gasteiger partial charge in [-0.1, -0.05) is 81.6 Å². The predicted octanol–water partition coefficient (Wildman–Crippen LogP) is 8.50. The standard InChI is InChI=1S/C10H9BrO.C9H8Br2.2C2H6/c11-10-5-4-7(6-12)8-2-1-3-9(8)10;10-8-4-5-9(11)7-3-1-2-6(7)8;2*1-2/h4-6H,1-3H2;4-5H,1-3H2;2*1-2H3. The van der Waals surface area contributed by atoms with Crippen LogP contribution in [0.15, 0.2) is 37.7 Å². The molecule has 0 unspecified atom stereocenters. The van der Waals surface area contributed by atoms with Gasteiger partial charge in [-0.3, -0.25) is 4.79 Å². The highest BCUT2D eigenvalue weighted by molar-refractivity contribution is 9.11. The Morgan fingerprint density at radius 1 is 0.630 bits per heavy atom. The Labute approximate surface area is 189 Å². The van der Waals surface area contributed by atoms with Crippen molar-refractivity contribution in [3.8, 4) is 0 Å². The molecule has 2 aliphatic rings. The molecule has 2 aromatic rings. The van der Waals surface area contributed by atoms with Crippen LogP contribution in [0, 0.1) is 0 Å². The van der Waals surface area contributed by atoms with Gasteiger partial charge in [0, 0.05) is 19.0 Å². The Balaban J connectivity index is 0.000000229. The first-order chi connectivity index (χ1) is 13.1. The minimum absolute atomic E-state index is 0.866. The smallest absolute Gasteiger partial charge is 0.150 e. The van der Waals surface area contributed by atoms with Gasteiger partial charge in [0.25, 0.3) is 0 Å². The molecular weight excluding hydrogens is 532 g/mol. The van der Waals surface area contributed by atoms with E-state index in [0.717, 1.165) is 29.2 Å². The van der Waals surface area contributed by atoms with Gasteiger partial charge in [-0.2, -0.15) is 0 Å². The first kappa shape index (κ1) is 24.6. The highest BCUT2D eigenvalue weighted by atomic mass is 79.9. The number of rotatable bonds is 1. The van der Waals surface area contributed by atoms with Crippen LogP contribution in [-0.4, -0.2) is 6.29 Å². The summed E-state index contributed by atoms with van der Waals surface area (Å²) in [6, 6.07) is 8.09. The van der Waals surface area contributed by atoms with Crippen LogP contribution in [0.5, 0.6) is 0 Å². The van der Waals surface area contributed by atoms with Crippen LogP contribution in [0.1, 0.15) is 73.1 Å². The lowest BCUT2D eigenvalue weighted by molar-refractivity contribution is 0.112. The van der Waals surface area contributed by atoms with Gasteiger partial charge in [0.1, 0.15) is 6.29 Å². The summed E-state index contributed by atoms with van der Waals surface area (Å²) in [4.78, 5) is 10.7. The van der Waals surface area contributed by atoms with Gasteiger partial charge >= 0.3 is 0 Å². The third-order valence-electron chi connectivity index (χ3n) is 4.56.